The number of ether oxygens (including phenoxy) is 1. The summed E-state index contributed by atoms with van der Waals surface area (Å²) >= 11 is 0. The minimum Gasteiger partial charge on any atom is -0.489 e. The number of anilines is 1. The van der Waals surface area contributed by atoms with Gasteiger partial charge in [0.05, 0.1) is 5.69 Å². The van der Waals surface area contributed by atoms with E-state index in [4.69, 9.17) is 4.74 Å². The van der Waals surface area contributed by atoms with Crippen molar-refractivity contribution in [3.05, 3.63) is 23.8 Å². The average molecular weight is 290 g/mol. The van der Waals surface area contributed by atoms with Crippen molar-refractivity contribution in [2.75, 3.05) is 25.0 Å². The Labute approximate surface area is 129 Å². The van der Waals surface area contributed by atoms with Gasteiger partial charge in [0.15, 0.2) is 0 Å². The van der Waals surface area contributed by atoms with Crippen LogP contribution in [0.25, 0.3) is 0 Å². The summed E-state index contributed by atoms with van der Waals surface area (Å²) in [5.41, 5.74) is 2.40. The van der Waals surface area contributed by atoms with Crippen LogP contribution in [0.15, 0.2) is 18.2 Å². The van der Waals surface area contributed by atoms with Crippen LogP contribution < -0.4 is 15.4 Å². The maximum Gasteiger partial charge on any atom is 0.146 e. The SMILES string of the molecule is CC(C)CCCCCCNCc1cccc2c1OCCN2. The van der Waals surface area contributed by atoms with Gasteiger partial charge in [-0.05, 0) is 24.9 Å². The highest BCUT2D eigenvalue weighted by molar-refractivity contribution is 5.61. The second-order valence-corrected chi connectivity index (χ2v) is 6.34. The third kappa shape index (κ3) is 5.58. The molecule has 0 aromatic heterocycles. The Morgan fingerprint density at radius 1 is 1.19 bits per heavy atom. The molecule has 118 valence electrons. The van der Waals surface area contributed by atoms with E-state index < -0.39 is 0 Å². The molecule has 1 aliphatic rings. The zero-order valence-electron chi connectivity index (χ0n) is 13.6. The van der Waals surface area contributed by atoms with Crippen LogP contribution >= 0.6 is 0 Å². The lowest BCUT2D eigenvalue weighted by Crippen LogP contribution is -2.21. The van der Waals surface area contributed by atoms with Crippen LogP contribution in [0.5, 0.6) is 5.75 Å². The third-order valence-electron chi connectivity index (χ3n) is 3.96. The Kier molecular flexibility index (Phi) is 6.87. The van der Waals surface area contributed by atoms with Gasteiger partial charge in [-0.2, -0.15) is 0 Å². The molecule has 1 aromatic rings. The fourth-order valence-electron chi connectivity index (χ4n) is 2.75. The topological polar surface area (TPSA) is 33.3 Å². The van der Waals surface area contributed by atoms with Crippen molar-refractivity contribution in [3.63, 3.8) is 0 Å². The second-order valence-electron chi connectivity index (χ2n) is 6.34. The van der Waals surface area contributed by atoms with E-state index in [1.165, 1.54) is 37.7 Å². The summed E-state index contributed by atoms with van der Waals surface area (Å²) in [5.74, 6) is 1.88. The Bertz CT molecular complexity index is 418. The molecule has 1 heterocycles. The van der Waals surface area contributed by atoms with Crippen molar-refractivity contribution in [3.8, 4) is 5.75 Å². The first kappa shape index (κ1) is 16.2. The molecule has 1 aromatic carbocycles. The molecule has 0 aliphatic carbocycles. The van der Waals surface area contributed by atoms with Crippen molar-refractivity contribution in [1.29, 1.82) is 0 Å². The number of benzene rings is 1. The fraction of sp³-hybridized carbons (Fsp3) is 0.667. The van der Waals surface area contributed by atoms with Gasteiger partial charge in [-0.15, -0.1) is 0 Å². The van der Waals surface area contributed by atoms with Gasteiger partial charge >= 0.3 is 0 Å². The van der Waals surface area contributed by atoms with E-state index in [0.717, 1.165) is 43.6 Å². The number of fused-ring (bicyclic) bond motifs is 1. The smallest absolute Gasteiger partial charge is 0.146 e. The molecular weight excluding hydrogens is 260 g/mol. The quantitative estimate of drug-likeness (QED) is 0.669. The van der Waals surface area contributed by atoms with Crippen LogP contribution in [-0.2, 0) is 6.54 Å². The van der Waals surface area contributed by atoms with Crippen molar-refractivity contribution in [1.82, 2.24) is 5.32 Å². The maximum absolute atomic E-state index is 5.78. The van der Waals surface area contributed by atoms with Gasteiger partial charge in [0, 0.05) is 18.7 Å². The molecule has 21 heavy (non-hydrogen) atoms. The number of hydrogen-bond acceptors (Lipinski definition) is 3. The number of rotatable bonds is 9. The summed E-state index contributed by atoms with van der Waals surface area (Å²) in [7, 11) is 0. The molecule has 0 saturated heterocycles. The van der Waals surface area contributed by atoms with E-state index in [2.05, 4.69) is 42.7 Å². The van der Waals surface area contributed by atoms with E-state index in [0.29, 0.717) is 0 Å². The number of hydrogen-bond donors (Lipinski definition) is 2. The summed E-state index contributed by atoms with van der Waals surface area (Å²) in [4.78, 5) is 0. The van der Waals surface area contributed by atoms with Gasteiger partial charge in [0.2, 0.25) is 0 Å². The van der Waals surface area contributed by atoms with E-state index in [-0.39, 0.29) is 0 Å². The molecule has 0 amide bonds. The minimum atomic E-state index is 0.764. The van der Waals surface area contributed by atoms with E-state index in [1.54, 1.807) is 0 Å². The van der Waals surface area contributed by atoms with Gasteiger partial charge in [0.25, 0.3) is 0 Å². The molecular formula is C18H30N2O. The van der Waals surface area contributed by atoms with Gasteiger partial charge < -0.3 is 15.4 Å². The van der Waals surface area contributed by atoms with Crippen molar-refractivity contribution >= 4 is 5.69 Å². The first-order valence-corrected chi connectivity index (χ1v) is 8.46. The normalized spacial score (nSPS) is 13.7. The molecule has 3 heteroatoms. The van der Waals surface area contributed by atoms with Gasteiger partial charge in [-0.25, -0.2) is 0 Å². The predicted molar refractivity (Wildman–Crippen MR) is 90.1 cm³/mol. The van der Waals surface area contributed by atoms with Crippen LogP contribution in [-0.4, -0.2) is 19.7 Å². The first-order chi connectivity index (χ1) is 10.3. The molecule has 2 N–H and O–H groups in total. The number of unbranched alkanes of at least 4 members (excludes halogenated alkanes) is 3. The molecule has 0 unspecified atom stereocenters. The third-order valence-corrected chi connectivity index (χ3v) is 3.96. The average Bonchev–Trinajstić information content (AvgIpc) is 2.50. The fourth-order valence-corrected chi connectivity index (χ4v) is 2.75. The molecule has 2 rings (SSSR count). The van der Waals surface area contributed by atoms with Gasteiger partial charge in [0.1, 0.15) is 12.4 Å². The van der Waals surface area contributed by atoms with Gasteiger partial charge in [-0.1, -0.05) is 51.7 Å². The molecule has 0 fully saturated rings. The van der Waals surface area contributed by atoms with Gasteiger partial charge in [-0.3, -0.25) is 0 Å². The summed E-state index contributed by atoms with van der Waals surface area (Å²) < 4.78 is 5.78. The highest BCUT2D eigenvalue weighted by Gasteiger charge is 2.12. The van der Waals surface area contributed by atoms with Crippen LogP contribution in [0.4, 0.5) is 5.69 Å². The molecule has 0 atom stereocenters. The highest BCUT2D eigenvalue weighted by Crippen LogP contribution is 2.30. The molecule has 0 saturated carbocycles. The Balaban J connectivity index is 1.61. The monoisotopic (exact) mass is 290 g/mol. The lowest BCUT2D eigenvalue weighted by molar-refractivity contribution is 0.319. The Morgan fingerprint density at radius 3 is 2.90 bits per heavy atom. The zero-order chi connectivity index (χ0) is 14.9. The van der Waals surface area contributed by atoms with Crippen LogP contribution in [0.3, 0.4) is 0 Å². The lowest BCUT2D eigenvalue weighted by atomic mass is 10.0. The first-order valence-electron chi connectivity index (χ1n) is 8.46. The largest absolute Gasteiger partial charge is 0.489 e. The van der Waals surface area contributed by atoms with Crippen LogP contribution in [0.2, 0.25) is 0 Å². The predicted octanol–water partition coefficient (Wildman–Crippen LogP) is 4.19. The summed E-state index contributed by atoms with van der Waals surface area (Å²) in [6.45, 7) is 8.27. The van der Waals surface area contributed by atoms with Crippen molar-refractivity contribution in [2.45, 2.75) is 52.5 Å². The number of para-hydroxylation sites is 1. The molecule has 1 aliphatic heterocycles. The summed E-state index contributed by atoms with van der Waals surface area (Å²) in [5, 5.41) is 6.93. The standard InChI is InChI=1S/C18H30N2O/c1-15(2)8-5-3-4-6-11-19-14-16-9-7-10-17-18(16)21-13-12-20-17/h7,9-10,15,19-20H,3-6,8,11-14H2,1-2H3. The highest BCUT2D eigenvalue weighted by atomic mass is 16.5. The van der Waals surface area contributed by atoms with E-state index >= 15 is 0 Å². The van der Waals surface area contributed by atoms with E-state index in [1.807, 2.05) is 0 Å². The Hall–Kier alpha value is -1.22. The van der Waals surface area contributed by atoms with Crippen molar-refractivity contribution < 1.29 is 4.74 Å². The van der Waals surface area contributed by atoms with Crippen molar-refractivity contribution in [2.24, 2.45) is 5.92 Å². The molecule has 3 nitrogen and oxygen atoms in total. The summed E-state index contributed by atoms with van der Waals surface area (Å²) in [6, 6.07) is 6.34. The lowest BCUT2D eigenvalue weighted by Gasteiger charge is -2.21. The molecule has 0 radical (unpaired) electrons. The van der Waals surface area contributed by atoms with E-state index in [9.17, 15) is 0 Å². The molecule has 0 bridgehead atoms. The maximum atomic E-state index is 5.78. The van der Waals surface area contributed by atoms with Crippen LogP contribution in [0, 0.1) is 5.92 Å². The molecule has 0 spiro atoms. The number of nitrogens with one attached hydrogen (secondary N) is 2. The zero-order valence-corrected chi connectivity index (χ0v) is 13.6. The summed E-state index contributed by atoms with van der Waals surface area (Å²) in [6.07, 6.45) is 6.72. The second kappa shape index (κ2) is 8.93. The minimum absolute atomic E-state index is 0.764. The van der Waals surface area contributed by atoms with Crippen LogP contribution in [0.1, 0.15) is 51.5 Å². The Morgan fingerprint density at radius 2 is 2.05 bits per heavy atom.